The molecule has 0 saturated carbocycles. The van der Waals surface area contributed by atoms with Crippen LogP contribution in [0, 0.1) is 6.92 Å². The van der Waals surface area contributed by atoms with Gasteiger partial charge in [0, 0.05) is 29.9 Å². The minimum atomic E-state index is -4.43. The van der Waals surface area contributed by atoms with Crippen LogP contribution in [0.4, 0.5) is 13.2 Å². The van der Waals surface area contributed by atoms with E-state index in [2.05, 4.69) is 15.3 Å². The molecule has 0 aliphatic carbocycles. The summed E-state index contributed by atoms with van der Waals surface area (Å²) in [6, 6.07) is 14.6. The van der Waals surface area contributed by atoms with E-state index in [1.165, 1.54) is 12.1 Å². The average molecular weight is 493 g/mol. The summed E-state index contributed by atoms with van der Waals surface area (Å²) in [5, 5.41) is 13.3. The number of hydrogen-bond donors (Lipinski definition) is 2. The summed E-state index contributed by atoms with van der Waals surface area (Å²) in [6.07, 6.45) is -2.85. The van der Waals surface area contributed by atoms with Crippen LogP contribution in [0.1, 0.15) is 33.5 Å². The maximum Gasteiger partial charge on any atom is 0.416 e. The number of carbonyl (C=O) groups is 1. The lowest BCUT2D eigenvalue weighted by molar-refractivity contribution is -0.137. The number of aromatic nitrogens is 4. The number of alkyl halides is 3. The zero-order chi connectivity index (χ0) is 25.6. The Morgan fingerprint density at radius 1 is 1.11 bits per heavy atom. The fraction of sp³-hybridized carbons (Fsp3) is 0.192. The summed E-state index contributed by atoms with van der Waals surface area (Å²) in [5.41, 5.74) is 2.71. The van der Waals surface area contributed by atoms with E-state index in [0.29, 0.717) is 33.9 Å². The monoisotopic (exact) mass is 493 g/mol. The van der Waals surface area contributed by atoms with Crippen LogP contribution in [0.5, 0.6) is 0 Å². The van der Waals surface area contributed by atoms with Gasteiger partial charge in [-0.25, -0.2) is 4.98 Å². The van der Waals surface area contributed by atoms with Gasteiger partial charge in [-0.15, -0.1) is 0 Å². The molecule has 0 spiro atoms. The van der Waals surface area contributed by atoms with Crippen molar-refractivity contribution >= 4 is 28.0 Å². The van der Waals surface area contributed by atoms with E-state index in [9.17, 15) is 23.1 Å². The van der Waals surface area contributed by atoms with Crippen LogP contribution < -0.4 is 5.32 Å². The van der Waals surface area contributed by atoms with Crippen molar-refractivity contribution < 1.29 is 23.1 Å². The first kappa shape index (κ1) is 23.6. The highest BCUT2D eigenvalue weighted by Gasteiger charge is 2.30. The van der Waals surface area contributed by atoms with E-state index < -0.39 is 23.7 Å². The fourth-order valence-electron chi connectivity index (χ4n) is 4.32. The summed E-state index contributed by atoms with van der Waals surface area (Å²) in [7, 11) is 1.84. The molecule has 1 amide bonds. The number of nitrogens with zero attached hydrogens (tertiary/aromatic N) is 4. The number of amides is 1. The molecule has 10 heteroatoms. The molecule has 0 aliphatic rings. The van der Waals surface area contributed by atoms with Gasteiger partial charge in [0.05, 0.1) is 34.9 Å². The van der Waals surface area contributed by atoms with Crippen LogP contribution in [0.2, 0.25) is 0 Å². The Morgan fingerprint density at radius 3 is 2.50 bits per heavy atom. The summed E-state index contributed by atoms with van der Waals surface area (Å²) in [5.74, 6) is 0.323. The van der Waals surface area contributed by atoms with E-state index in [-0.39, 0.29) is 6.61 Å². The molecule has 36 heavy (non-hydrogen) atoms. The quantitative estimate of drug-likeness (QED) is 0.372. The number of aliphatic hydroxyl groups excluding tert-OH is 1. The van der Waals surface area contributed by atoms with Crippen LogP contribution in [-0.2, 0) is 13.2 Å². The third-order valence-electron chi connectivity index (χ3n) is 6.25. The first-order valence-electron chi connectivity index (χ1n) is 11.2. The van der Waals surface area contributed by atoms with Crippen molar-refractivity contribution in [2.75, 3.05) is 6.61 Å². The molecule has 3 heterocycles. The van der Waals surface area contributed by atoms with E-state index in [1.807, 2.05) is 18.5 Å². The molecule has 0 radical (unpaired) electrons. The zero-order valence-corrected chi connectivity index (χ0v) is 19.4. The second-order valence-electron chi connectivity index (χ2n) is 8.47. The maximum atomic E-state index is 13.1. The number of carbonyl (C=O) groups excluding carboxylic acids is 1. The van der Waals surface area contributed by atoms with Gasteiger partial charge in [-0.2, -0.15) is 13.2 Å². The molecule has 1 atom stereocenters. The predicted octanol–water partition coefficient (Wildman–Crippen LogP) is 4.70. The number of nitrogens with one attached hydrogen (secondary N) is 1. The molecular weight excluding hydrogens is 471 g/mol. The normalized spacial score (nSPS) is 12.8. The molecule has 3 aromatic heterocycles. The van der Waals surface area contributed by atoms with Crippen molar-refractivity contribution in [3.05, 3.63) is 89.5 Å². The number of aliphatic hydroxyl groups is 1. The molecule has 0 saturated heterocycles. The molecule has 184 valence electrons. The first-order valence-corrected chi connectivity index (χ1v) is 11.2. The summed E-state index contributed by atoms with van der Waals surface area (Å²) >= 11 is 0. The first-order chi connectivity index (χ1) is 17.2. The summed E-state index contributed by atoms with van der Waals surface area (Å²) < 4.78 is 42.9. The SMILES string of the molecule is Cc1nc2c(c3cc(C(=O)NC(CO)c4ccccn4)ccc3n2-c2ccc(C(F)(F)F)cc2)n1C. The number of pyridine rings is 1. The molecule has 0 bridgehead atoms. The smallest absolute Gasteiger partial charge is 0.394 e. The highest BCUT2D eigenvalue weighted by atomic mass is 19.4. The Kier molecular flexibility index (Phi) is 5.76. The zero-order valence-electron chi connectivity index (χ0n) is 19.4. The Labute approximate surface area is 203 Å². The van der Waals surface area contributed by atoms with Crippen molar-refractivity contribution in [1.82, 2.24) is 24.4 Å². The van der Waals surface area contributed by atoms with Gasteiger partial charge < -0.3 is 15.0 Å². The van der Waals surface area contributed by atoms with Crippen molar-refractivity contribution in [3.63, 3.8) is 0 Å². The van der Waals surface area contributed by atoms with Gasteiger partial charge in [0.2, 0.25) is 0 Å². The molecule has 0 fully saturated rings. The number of benzene rings is 2. The third-order valence-corrected chi connectivity index (χ3v) is 6.25. The van der Waals surface area contributed by atoms with Crippen LogP contribution in [0.3, 0.4) is 0 Å². The summed E-state index contributed by atoms with van der Waals surface area (Å²) in [6.45, 7) is 1.51. The number of aryl methyl sites for hydroxylation is 2. The van der Waals surface area contributed by atoms with Gasteiger partial charge in [0.25, 0.3) is 5.91 Å². The Balaban J connectivity index is 1.59. The molecule has 7 nitrogen and oxygen atoms in total. The molecular formula is C26H22F3N5O2. The Bertz CT molecular complexity index is 1570. The number of fused-ring (bicyclic) bond motifs is 3. The Morgan fingerprint density at radius 2 is 1.86 bits per heavy atom. The highest BCUT2D eigenvalue weighted by molar-refractivity contribution is 6.09. The second-order valence-corrected chi connectivity index (χ2v) is 8.47. The van der Waals surface area contributed by atoms with Gasteiger partial charge in [0.15, 0.2) is 5.65 Å². The molecule has 2 aromatic carbocycles. The topological polar surface area (TPSA) is 85.0 Å². The Hall–Kier alpha value is -4.18. The fourth-order valence-corrected chi connectivity index (χ4v) is 4.32. The van der Waals surface area contributed by atoms with Crippen molar-refractivity contribution in [2.24, 2.45) is 7.05 Å². The number of halogens is 3. The van der Waals surface area contributed by atoms with Gasteiger partial charge in [0.1, 0.15) is 5.82 Å². The van der Waals surface area contributed by atoms with Crippen LogP contribution >= 0.6 is 0 Å². The van der Waals surface area contributed by atoms with Gasteiger partial charge in [-0.3, -0.25) is 14.3 Å². The molecule has 2 N–H and O–H groups in total. The van der Waals surface area contributed by atoms with Crippen molar-refractivity contribution in [1.29, 1.82) is 0 Å². The lowest BCUT2D eigenvalue weighted by Gasteiger charge is -2.16. The van der Waals surface area contributed by atoms with Crippen LogP contribution in [0.25, 0.3) is 27.8 Å². The van der Waals surface area contributed by atoms with Gasteiger partial charge in [-0.05, 0) is 61.5 Å². The van der Waals surface area contributed by atoms with Gasteiger partial charge in [-0.1, -0.05) is 6.07 Å². The lowest BCUT2D eigenvalue weighted by Crippen LogP contribution is -2.31. The predicted molar refractivity (Wildman–Crippen MR) is 129 cm³/mol. The van der Waals surface area contributed by atoms with E-state index in [1.54, 1.807) is 47.2 Å². The highest BCUT2D eigenvalue weighted by Crippen LogP contribution is 2.34. The third kappa shape index (κ3) is 3.99. The van der Waals surface area contributed by atoms with E-state index in [0.717, 1.165) is 23.0 Å². The standard InChI is InChI=1S/C26H22F3N5O2/c1-15-31-24-23(33(15)2)19-13-16(25(36)32-21(14-35)20-5-3-4-12-30-20)6-11-22(19)34(24)18-9-7-17(8-10-18)26(27,28)29/h3-13,21,35H,14H2,1-2H3,(H,32,36). The molecule has 1 unspecified atom stereocenters. The molecule has 5 rings (SSSR count). The van der Waals surface area contributed by atoms with Crippen LogP contribution in [-0.4, -0.2) is 36.7 Å². The molecule has 5 aromatic rings. The minimum Gasteiger partial charge on any atom is -0.394 e. The van der Waals surface area contributed by atoms with E-state index >= 15 is 0 Å². The lowest BCUT2D eigenvalue weighted by atomic mass is 10.1. The van der Waals surface area contributed by atoms with Crippen molar-refractivity contribution in [2.45, 2.75) is 19.1 Å². The largest absolute Gasteiger partial charge is 0.416 e. The number of hydrogen-bond acceptors (Lipinski definition) is 4. The second kappa shape index (κ2) is 8.80. The maximum absolute atomic E-state index is 13.1. The number of imidazole rings is 1. The van der Waals surface area contributed by atoms with Crippen molar-refractivity contribution in [3.8, 4) is 5.69 Å². The van der Waals surface area contributed by atoms with Gasteiger partial charge >= 0.3 is 6.18 Å². The summed E-state index contributed by atoms with van der Waals surface area (Å²) in [4.78, 5) is 21.9. The van der Waals surface area contributed by atoms with Crippen LogP contribution in [0.15, 0.2) is 66.9 Å². The number of rotatable bonds is 5. The van der Waals surface area contributed by atoms with E-state index in [4.69, 9.17) is 0 Å². The molecule has 0 aliphatic heterocycles. The average Bonchev–Trinajstić information content (AvgIpc) is 3.34. The minimum absolute atomic E-state index is 0.319.